The van der Waals surface area contributed by atoms with Crippen LogP contribution >= 0.6 is 22.9 Å². The summed E-state index contributed by atoms with van der Waals surface area (Å²) in [6.45, 7) is 6.65. The normalized spacial score (nSPS) is 15.2. The summed E-state index contributed by atoms with van der Waals surface area (Å²) in [5.74, 6) is -0.425. The zero-order valence-corrected chi connectivity index (χ0v) is 20.8. The van der Waals surface area contributed by atoms with Crippen LogP contribution in [0.3, 0.4) is 0 Å². The molecule has 2 aromatic carbocycles. The molecule has 0 atom stereocenters. The minimum absolute atomic E-state index is 0.0361. The van der Waals surface area contributed by atoms with Crippen LogP contribution < -0.4 is 10.2 Å². The predicted molar refractivity (Wildman–Crippen MR) is 134 cm³/mol. The second-order valence-electron chi connectivity index (χ2n) is 8.17. The van der Waals surface area contributed by atoms with E-state index < -0.39 is 9.84 Å². The lowest BCUT2D eigenvalue weighted by atomic mass is 10.2. The van der Waals surface area contributed by atoms with Crippen LogP contribution in [0.4, 0.5) is 5.13 Å². The Hall–Kier alpha value is -2.20. The summed E-state index contributed by atoms with van der Waals surface area (Å²) in [6, 6.07) is 12.5. The summed E-state index contributed by atoms with van der Waals surface area (Å²) in [5.41, 5.74) is 1.96. The van der Waals surface area contributed by atoms with Gasteiger partial charge in [-0.25, -0.2) is 13.4 Å². The van der Waals surface area contributed by atoms with Crippen molar-refractivity contribution >= 4 is 54.0 Å². The van der Waals surface area contributed by atoms with Gasteiger partial charge in [0.1, 0.15) is 0 Å². The second-order valence-corrected chi connectivity index (χ2v) is 11.7. The maximum Gasteiger partial charge on any atom is 0.221 e. The molecule has 1 aromatic heterocycles. The average Bonchev–Trinajstić information content (AvgIpc) is 3.22. The van der Waals surface area contributed by atoms with Crippen molar-refractivity contribution in [3.05, 3.63) is 53.1 Å². The van der Waals surface area contributed by atoms with Crippen LogP contribution in [0, 0.1) is 6.92 Å². The number of fused-ring (bicyclic) bond motifs is 1. The molecule has 3 aromatic rings. The van der Waals surface area contributed by atoms with Crippen LogP contribution in [-0.2, 0) is 14.6 Å². The number of anilines is 1. The lowest BCUT2D eigenvalue weighted by Crippen LogP contribution is -2.48. The average molecular weight is 507 g/mol. The number of thiazole rings is 1. The third kappa shape index (κ3) is 6.23. The maximum absolute atomic E-state index is 12.4. The fourth-order valence-corrected chi connectivity index (χ4v) is 6.25. The number of nitrogens with zero attached hydrogens (tertiary/aromatic N) is 3. The molecule has 176 valence electrons. The van der Waals surface area contributed by atoms with Crippen molar-refractivity contribution in [3.63, 3.8) is 0 Å². The molecule has 1 N–H and O–H groups in total. The van der Waals surface area contributed by atoms with E-state index in [1.807, 2.05) is 25.1 Å². The quantitative estimate of drug-likeness (QED) is 0.504. The van der Waals surface area contributed by atoms with Gasteiger partial charge in [-0.2, -0.15) is 0 Å². The molecule has 0 radical (unpaired) electrons. The number of rotatable bonds is 8. The highest BCUT2D eigenvalue weighted by molar-refractivity contribution is 7.91. The van der Waals surface area contributed by atoms with E-state index in [4.69, 9.17) is 16.6 Å². The van der Waals surface area contributed by atoms with E-state index in [-0.39, 0.29) is 23.0 Å². The van der Waals surface area contributed by atoms with Crippen molar-refractivity contribution in [2.45, 2.75) is 18.2 Å². The predicted octanol–water partition coefficient (Wildman–Crippen LogP) is 3.36. The molecule has 2 heterocycles. The summed E-state index contributed by atoms with van der Waals surface area (Å²) >= 11 is 7.73. The lowest BCUT2D eigenvalue weighted by Gasteiger charge is -2.34. The fraction of sp³-hybridized carbons (Fsp3) is 0.391. The number of halogens is 1. The minimum Gasteiger partial charge on any atom is -0.355 e. The summed E-state index contributed by atoms with van der Waals surface area (Å²) in [5, 5.41) is 4.58. The van der Waals surface area contributed by atoms with Crippen molar-refractivity contribution < 1.29 is 13.2 Å². The number of amides is 1. The third-order valence-corrected chi connectivity index (χ3v) is 8.76. The van der Waals surface area contributed by atoms with Crippen LogP contribution in [0.2, 0.25) is 5.02 Å². The molecule has 0 unspecified atom stereocenters. The molecule has 1 saturated heterocycles. The number of aryl methyl sites for hydroxylation is 1. The van der Waals surface area contributed by atoms with Gasteiger partial charge in [-0.3, -0.25) is 9.69 Å². The Balaban J connectivity index is 1.17. The monoisotopic (exact) mass is 506 g/mol. The number of nitrogens with one attached hydrogen (secondary N) is 1. The van der Waals surface area contributed by atoms with Crippen molar-refractivity contribution in [3.8, 4) is 0 Å². The van der Waals surface area contributed by atoms with Gasteiger partial charge in [-0.15, -0.1) is 0 Å². The second kappa shape index (κ2) is 10.4. The Morgan fingerprint density at radius 3 is 2.58 bits per heavy atom. The number of aromatic nitrogens is 1. The molecule has 7 nitrogen and oxygen atoms in total. The topological polar surface area (TPSA) is 82.6 Å². The number of hydrogen-bond donors (Lipinski definition) is 1. The molecular formula is C23H27ClN4O3S2. The largest absolute Gasteiger partial charge is 0.355 e. The van der Waals surface area contributed by atoms with Crippen molar-refractivity contribution in [2.24, 2.45) is 0 Å². The van der Waals surface area contributed by atoms with Gasteiger partial charge in [0, 0.05) is 50.7 Å². The first-order chi connectivity index (χ1) is 15.8. The van der Waals surface area contributed by atoms with Gasteiger partial charge in [0.2, 0.25) is 5.91 Å². The zero-order valence-electron chi connectivity index (χ0n) is 18.5. The number of carbonyl (C=O) groups excluding carboxylic acids is 1. The molecule has 1 aliphatic heterocycles. The first kappa shape index (κ1) is 23.9. The van der Waals surface area contributed by atoms with E-state index >= 15 is 0 Å². The van der Waals surface area contributed by atoms with Gasteiger partial charge in [0.05, 0.1) is 20.9 Å². The van der Waals surface area contributed by atoms with E-state index in [1.165, 1.54) is 0 Å². The molecule has 1 fully saturated rings. The van der Waals surface area contributed by atoms with E-state index in [2.05, 4.69) is 15.1 Å². The molecule has 1 amide bonds. The smallest absolute Gasteiger partial charge is 0.221 e. The van der Waals surface area contributed by atoms with E-state index in [9.17, 15) is 13.2 Å². The SMILES string of the molecule is Cc1ccc(S(=O)(=O)CCC(=O)NCCN2CCN(c3nc4ccc(Cl)cc4s3)CC2)cc1. The van der Waals surface area contributed by atoms with Gasteiger partial charge < -0.3 is 10.2 Å². The maximum atomic E-state index is 12.4. The molecule has 0 aliphatic carbocycles. The summed E-state index contributed by atoms with van der Waals surface area (Å²) in [4.78, 5) is 21.7. The molecule has 4 rings (SSSR count). The summed E-state index contributed by atoms with van der Waals surface area (Å²) in [7, 11) is -3.45. The lowest BCUT2D eigenvalue weighted by molar-refractivity contribution is -0.120. The molecule has 0 saturated carbocycles. The number of carbonyl (C=O) groups is 1. The number of hydrogen-bond acceptors (Lipinski definition) is 7. The van der Waals surface area contributed by atoms with Gasteiger partial charge >= 0.3 is 0 Å². The zero-order chi connectivity index (χ0) is 23.4. The number of piperazine rings is 1. The Kier molecular flexibility index (Phi) is 7.53. The Morgan fingerprint density at radius 1 is 1.12 bits per heavy atom. The van der Waals surface area contributed by atoms with Crippen LogP contribution in [0.1, 0.15) is 12.0 Å². The van der Waals surface area contributed by atoms with E-state index in [1.54, 1.807) is 35.6 Å². The van der Waals surface area contributed by atoms with Crippen LogP contribution in [0.5, 0.6) is 0 Å². The molecule has 0 bridgehead atoms. The van der Waals surface area contributed by atoms with Crippen LogP contribution in [0.25, 0.3) is 10.2 Å². The van der Waals surface area contributed by atoms with Crippen molar-refractivity contribution in [2.75, 3.05) is 49.9 Å². The van der Waals surface area contributed by atoms with Gasteiger partial charge in [0.15, 0.2) is 15.0 Å². The fourth-order valence-electron chi connectivity index (χ4n) is 3.72. The number of sulfone groups is 1. The highest BCUT2D eigenvalue weighted by atomic mass is 35.5. The molecule has 33 heavy (non-hydrogen) atoms. The third-order valence-electron chi connectivity index (χ3n) is 5.71. The van der Waals surface area contributed by atoms with Crippen LogP contribution in [0.15, 0.2) is 47.4 Å². The standard InChI is InChI=1S/C23H27ClN4O3S2/c1-17-2-5-19(6-3-17)33(30,31)15-8-22(29)25-9-10-27-11-13-28(14-12-27)23-26-20-7-4-18(24)16-21(20)32-23/h2-7,16H,8-15H2,1H3,(H,25,29). The summed E-state index contributed by atoms with van der Waals surface area (Å²) in [6.07, 6.45) is -0.0361. The molecular weight excluding hydrogens is 480 g/mol. The van der Waals surface area contributed by atoms with Crippen molar-refractivity contribution in [1.29, 1.82) is 0 Å². The molecule has 0 spiro atoms. The van der Waals surface area contributed by atoms with Gasteiger partial charge in [-0.1, -0.05) is 40.6 Å². The number of benzene rings is 2. The van der Waals surface area contributed by atoms with Gasteiger partial charge in [-0.05, 0) is 37.3 Å². The van der Waals surface area contributed by atoms with Gasteiger partial charge in [0.25, 0.3) is 0 Å². The van der Waals surface area contributed by atoms with E-state index in [0.717, 1.165) is 58.7 Å². The summed E-state index contributed by atoms with van der Waals surface area (Å²) < 4.78 is 25.9. The van der Waals surface area contributed by atoms with Crippen LogP contribution in [-0.4, -0.2) is 69.2 Å². The minimum atomic E-state index is -3.45. The first-order valence-electron chi connectivity index (χ1n) is 10.9. The molecule has 1 aliphatic rings. The Labute approximate surface area is 203 Å². The molecule has 10 heteroatoms. The highest BCUT2D eigenvalue weighted by Gasteiger charge is 2.20. The van der Waals surface area contributed by atoms with E-state index in [0.29, 0.717) is 6.54 Å². The Morgan fingerprint density at radius 2 is 1.85 bits per heavy atom. The highest BCUT2D eigenvalue weighted by Crippen LogP contribution is 2.31. The Bertz CT molecular complexity index is 1220. The first-order valence-corrected chi connectivity index (χ1v) is 13.7. The van der Waals surface area contributed by atoms with Crippen molar-refractivity contribution in [1.82, 2.24) is 15.2 Å².